The number of hydrogen-bond donors (Lipinski definition) is 2. The van der Waals surface area contributed by atoms with Crippen LogP contribution in [0, 0.1) is 0 Å². The summed E-state index contributed by atoms with van der Waals surface area (Å²) in [5.41, 5.74) is 1.52. The maximum absolute atomic E-state index is 8.89. The Bertz CT molecular complexity index is 248. The minimum absolute atomic E-state index is 0.0324. The average Bonchev–Trinajstić information content (AvgIpc) is 2.04. The molecule has 0 spiro atoms. The number of aliphatic hydroxyl groups is 2. The van der Waals surface area contributed by atoms with Gasteiger partial charge in [-0.2, -0.15) is 0 Å². The van der Waals surface area contributed by atoms with Crippen molar-refractivity contribution in [1.82, 2.24) is 0 Å². The van der Waals surface area contributed by atoms with Crippen molar-refractivity contribution in [1.29, 1.82) is 0 Å². The molecule has 1 aromatic carbocycles. The molecule has 2 N–H and O–H groups in total. The second-order valence-corrected chi connectivity index (χ2v) is 3.05. The molecule has 0 saturated carbocycles. The molecule has 0 aromatic heterocycles. The molecule has 1 rings (SSSR count). The third-order valence-electron chi connectivity index (χ3n) is 1.54. The van der Waals surface area contributed by atoms with Gasteiger partial charge in [-0.3, -0.25) is 0 Å². The third kappa shape index (κ3) is 1.80. The zero-order valence-corrected chi connectivity index (χ0v) is 7.50. The Morgan fingerprint density at radius 2 is 1.91 bits per heavy atom. The summed E-state index contributed by atoms with van der Waals surface area (Å²) < 4.78 is 0.839. The predicted molar refractivity (Wildman–Crippen MR) is 46.0 cm³/mol. The predicted octanol–water partition coefficient (Wildman–Crippen LogP) is 1.43. The zero-order chi connectivity index (χ0) is 8.27. The Balaban J connectivity index is 3.13. The number of benzene rings is 1. The van der Waals surface area contributed by atoms with Gasteiger partial charge in [0.1, 0.15) is 0 Å². The third-order valence-corrected chi connectivity index (χ3v) is 2.29. The van der Waals surface area contributed by atoms with E-state index >= 15 is 0 Å². The van der Waals surface area contributed by atoms with E-state index in [1.807, 2.05) is 12.1 Å². The molecule has 60 valence electrons. The molecule has 3 heteroatoms. The molecule has 0 unspecified atom stereocenters. The molecule has 2 nitrogen and oxygen atoms in total. The molecule has 0 bridgehead atoms. The first-order valence-corrected chi connectivity index (χ1v) is 4.07. The molecule has 0 heterocycles. The molecule has 0 radical (unpaired) electrons. The van der Waals surface area contributed by atoms with Crippen molar-refractivity contribution in [3.05, 3.63) is 33.8 Å². The summed E-state index contributed by atoms with van der Waals surface area (Å²) in [7, 11) is 0. The smallest absolute Gasteiger partial charge is 0.0696 e. The Morgan fingerprint density at radius 3 is 2.36 bits per heavy atom. The van der Waals surface area contributed by atoms with Crippen molar-refractivity contribution in [2.45, 2.75) is 13.2 Å². The van der Waals surface area contributed by atoms with Crippen molar-refractivity contribution < 1.29 is 10.2 Å². The van der Waals surface area contributed by atoms with Gasteiger partial charge < -0.3 is 10.2 Å². The first kappa shape index (κ1) is 8.71. The molecular formula is C8H9BrO2. The topological polar surface area (TPSA) is 40.5 Å². The van der Waals surface area contributed by atoms with Crippen LogP contribution in [0.4, 0.5) is 0 Å². The van der Waals surface area contributed by atoms with Crippen LogP contribution in [0.2, 0.25) is 0 Å². The molecule has 11 heavy (non-hydrogen) atoms. The lowest BCUT2D eigenvalue weighted by molar-refractivity contribution is 0.259. The summed E-state index contributed by atoms with van der Waals surface area (Å²) in [4.78, 5) is 0. The lowest BCUT2D eigenvalue weighted by atomic mass is 10.1. The maximum atomic E-state index is 8.89. The van der Waals surface area contributed by atoms with E-state index < -0.39 is 0 Å². The van der Waals surface area contributed by atoms with Crippen LogP contribution in [-0.4, -0.2) is 10.2 Å². The molecule has 0 aliphatic rings. The Kier molecular flexibility index (Phi) is 3.05. The highest BCUT2D eigenvalue weighted by molar-refractivity contribution is 9.10. The van der Waals surface area contributed by atoms with E-state index in [1.54, 1.807) is 6.07 Å². The monoisotopic (exact) mass is 216 g/mol. The van der Waals surface area contributed by atoms with Gasteiger partial charge in [-0.25, -0.2) is 0 Å². The molecule has 1 aromatic rings. The fraction of sp³-hybridized carbons (Fsp3) is 0.250. The Morgan fingerprint density at radius 1 is 1.18 bits per heavy atom. The molecule has 0 amide bonds. The summed E-state index contributed by atoms with van der Waals surface area (Å²) in [5.74, 6) is 0. The number of rotatable bonds is 2. The fourth-order valence-corrected chi connectivity index (χ4v) is 1.46. The highest BCUT2D eigenvalue weighted by atomic mass is 79.9. The van der Waals surface area contributed by atoms with Crippen LogP contribution in [0.3, 0.4) is 0 Å². The second kappa shape index (κ2) is 3.85. The van der Waals surface area contributed by atoms with E-state index in [4.69, 9.17) is 10.2 Å². The van der Waals surface area contributed by atoms with Crippen LogP contribution < -0.4 is 0 Å². The van der Waals surface area contributed by atoms with Crippen molar-refractivity contribution in [3.8, 4) is 0 Å². The minimum Gasteiger partial charge on any atom is -0.392 e. The Hall–Kier alpha value is -0.380. The van der Waals surface area contributed by atoms with E-state index in [9.17, 15) is 0 Å². The number of aliphatic hydroxyl groups excluding tert-OH is 2. The SMILES string of the molecule is OCc1cccc(Br)c1CO. The molecule has 0 aliphatic heterocycles. The second-order valence-electron chi connectivity index (χ2n) is 2.19. The van der Waals surface area contributed by atoms with Crippen molar-refractivity contribution in [2.24, 2.45) is 0 Å². The molecule has 0 saturated heterocycles. The van der Waals surface area contributed by atoms with E-state index in [1.165, 1.54) is 0 Å². The molecule has 0 aliphatic carbocycles. The molecular weight excluding hydrogens is 208 g/mol. The number of hydrogen-bond acceptors (Lipinski definition) is 2. The lowest BCUT2D eigenvalue weighted by Crippen LogP contribution is -1.94. The van der Waals surface area contributed by atoms with Crippen LogP contribution in [0.1, 0.15) is 11.1 Å². The largest absolute Gasteiger partial charge is 0.392 e. The molecule has 0 fully saturated rings. The van der Waals surface area contributed by atoms with Crippen LogP contribution in [-0.2, 0) is 13.2 Å². The standard InChI is InChI=1S/C8H9BrO2/c9-8-3-1-2-6(4-10)7(8)5-11/h1-3,10-11H,4-5H2. The first-order chi connectivity index (χ1) is 5.29. The number of halogens is 1. The van der Waals surface area contributed by atoms with Crippen LogP contribution >= 0.6 is 15.9 Å². The van der Waals surface area contributed by atoms with Gasteiger partial charge in [0.05, 0.1) is 13.2 Å². The summed E-state index contributed by atoms with van der Waals surface area (Å²) in [5, 5.41) is 17.7. The van der Waals surface area contributed by atoms with Crippen molar-refractivity contribution >= 4 is 15.9 Å². The average molecular weight is 217 g/mol. The van der Waals surface area contributed by atoms with Gasteiger partial charge >= 0.3 is 0 Å². The van der Waals surface area contributed by atoms with E-state index in [0.717, 1.165) is 15.6 Å². The van der Waals surface area contributed by atoms with Crippen LogP contribution in [0.25, 0.3) is 0 Å². The van der Waals surface area contributed by atoms with Gasteiger partial charge in [0.25, 0.3) is 0 Å². The summed E-state index contributed by atoms with van der Waals surface area (Å²) in [6.07, 6.45) is 0. The highest BCUT2D eigenvalue weighted by Gasteiger charge is 2.02. The van der Waals surface area contributed by atoms with E-state index in [2.05, 4.69) is 15.9 Å². The van der Waals surface area contributed by atoms with Gasteiger partial charge in [0, 0.05) is 4.47 Å². The summed E-state index contributed by atoms with van der Waals surface area (Å²) in [6, 6.07) is 5.45. The molecule has 0 atom stereocenters. The maximum Gasteiger partial charge on any atom is 0.0696 e. The van der Waals surface area contributed by atoms with Gasteiger partial charge in [-0.1, -0.05) is 28.1 Å². The fourth-order valence-electron chi connectivity index (χ4n) is 0.929. The summed E-state index contributed by atoms with van der Waals surface area (Å²) >= 11 is 3.28. The quantitative estimate of drug-likeness (QED) is 0.786. The first-order valence-electron chi connectivity index (χ1n) is 3.27. The van der Waals surface area contributed by atoms with Gasteiger partial charge in [-0.15, -0.1) is 0 Å². The zero-order valence-electron chi connectivity index (χ0n) is 5.92. The van der Waals surface area contributed by atoms with Gasteiger partial charge in [0.15, 0.2) is 0 Å². The van der Waals surface area contributed by atoms with Crippen molar-refractivity contribution in [3.63, 3.8) is 0 Å². The van der Waals surface area contributed by atoms with Crippen LogP contribution in [0.15, 0.2) is 22.7 Å². The minimum atomic E-state index is -0.0443. The van der Waals surface area contributed by atoms with Crippen LogP contribution in [0.5, 0.6) is 0 Å². The van der Waals surface area contributed by atoms with E-state index in [0.29, 0.717) is 0 Å². The summed E-state index contributed by atoms with van der Waals surface area (Å²) in [6.45, 7) is -0.0767. The lowest BCUT2D eigenvalue weighted by Gasteiger charge is -2.05. The van der Waals surface area contributed by atoms with Gasteiger partial charge in [-0.05, 0) is 17.2 Å². The normalized spacial score (nSPS) is 10.1. The van der Waals surface area contributed by atoms with Gasteiger partial charge in [0.2, 0.25) is 0 Å². The van der Waals surface area contributed by atoms with E-state index in [-0.39, 0.29) is 13.2 Å². The highest BCUT2D eigenvalue weighted by Crippen LogP contribution is 2.20. The Labute approximate surface area is 73.6 Å². The van der Waals surface area contributed by atoms with Crippen molar-refractivity contribution in [2.75, 3.05) is 0 Å².